The molecule has 7 nitrogen and oxygen atoms in total. The second kappa shape index (κ2) is 7.29. The van der Waals surface area contributed by atoms with Crippen LogP contribution in [0.25, 0.3) is 11.2 Å². The highest BCUT2D eigenvalue weighted by molar-refractivity contribution is 5.74. The lowest BCUT2D eigenvalue weighted by molar-refractivity contribution is 0.571. The van der Waals surface area contributed by atoms with Gasteiger partial charge in [0.2, 0.25) is 5.95 Å². The molecule has 1 aliphatic heterocycles. The van der Waals surface area contributed by atoms with Crippen molar-refractivity contribution < 1.29 is 0 Å². The smallest absolute Gasteiger partial charge is 0.279 e. The molecular formula is C19H24N6O. The van der Waals surface area contributed by atoms with E-state index in [0.29, 0.717) is 24.3 Å². The third-order valence-corrected chi connectivity index (χ3v) is 4.76. The van der Waals surface area contributed by atoms with Crippen LogP contribution in [0.2, 0.25) is 0 Å². The molecule has 3 aromatic rings. The molecular weight excluding hydrogens is 328 g/mol. The Hall–Kier alpha value is -2.67. The standard InChI is InChI=1S/C19H24N6O/c1-2-10-24-14-21-17-16(18(24)26)25(13-15-6-4-3-5-7-15)19(22-17)23-11-8-20-9-12-23/h3-7,14,20H,2,8-13H2,1H3. The summed E-state index contributed by atoms with van der Waals surface area (Å²) in [6, 6.07) is 10.2. The summed E-state index contributed by atoms with van der Waals surface area (Å²) in [6.07, 6.45) is 2.51. The van der Waals surface area contributed by atoms with Gasteiger partial charge in [0.1, 0.15) is 6.33 Å². The highest BCUT2D eigenvalue weighted by atomic mass is 16.1. The van der Waals surface area contributed by atoms with E-state index in [4.69, 9.17) is 4.98 Å². The van der Waals surface area contributed by atoms with Gasteiger partial charge in [-0.05, 0) is 12.0 Å². The molecule has 1 fully saturated rings. The number of aryl methyl sites for hydroxylation is 1. The second-order valence-electron chi connectivity index (χ2n) is 6.64. The Morgan fingerprint density at radius 2 is 1.92 bits per heavy atom. The molecule has 0 aliphatic carbocycles. The first-order valence-electron chi connectivity index (χ1n) is 9.23. The van der Waals surface area contributed by atoms with E-state index in [9.17, 15) is 4.79 Å². The van der Waals surface area contributed by atoms with Gasteiger partial charge in [-0.25, -0.2) is 4.98 Å². The number of benzene rings is 1. The molecule has 0 saturated carbocycles. The quantitative estimate of drug-likeness (QED) is 0.753. The minimum absolute atomic E-state index is 0.0123. The van der Waals surface area contributed by atoms with Gasteiger partial charge in [0.05, 0.1) is 6.54 Å². The first-order valence-corrected chi connectivity index (χ1v) is 9.23. The Labute approximate surface area is 152 Å². The van der Waals surface area contributed by atoms with Gasteiger partial charge in [0.25, 0.3) is 5.56 Å². The van der Waals surface area contributed by atoms with Crippen LogP contribution < -0.4 is 15.8 Å². The van der Waals surface area contributed by atoms with Crippen molar-refractivity contribution in [3.05, 3.63) is 52.6 Å². The van der Waals surface area contributed by atoms with Crippen LogP contribution >= 0.6 is 0 Å². The van der Waals surface area contributed by atoms with Gasteiger partial charge in [-0.1, -0.05) is 37.3 Å². The van der Waals surface area contributed by atoms with E-state index < -0.39 is 0 Å². The van der Waals surface area contributed by atoms with Crippen molar-refractivity contribution >= 4 is 17.1 Å². The van der Waals surface area contributed by atoms with Crippen LogP contribution in [0.15, 0.2) is 41.5 Å². The van der Waals surface area contributed by atoms with Crippen molar-refractivity contribution in [2.24, 2.45) is 0 Å². The maximum Gasteiger partial charge on any atom is 0.279 e. The fourth-order valence-corrected chi connectivity index (χ4v) is 3.46. The number of hydrogen-bond acceptors (Lipinski definition) is 5. The summed E-state index contributed by atoms with van der Waals surface area (Å²) in [5, 5.41) is 3.36. The molecule has 0 unspecified atom stereocenters. The number of nitrogens with zero attached hydrogens (tertiary/aromatic N) is 5. The minimum atomic E-state index is -0.0123. The predicted molar refractivity (Wildman–Crippen MR) is 103 cm³/mol. The average Bonchev–Trinajstić information content (AvgIpc) is 3.05. The van der Waals surface area contributed by atoms with E-state index in [1.54, 1.807) is 10.9 Å². The van der Waals surface area contributed by atoms with E-state index in [-0.39, 0.29) is 5.56 Å². The number of rotatable bonds is 5. The summed E-state index contributed by atoms with van der Waals surface area (Å²) in [4.78, 5) is 24.5. The van der Waals surface area contributed by atoms with E-state index in [0.717, 1.165) is 44.1 Å². The zero-order valence-electron chi connectivity index (χ0n) is 15.1. The fraction of sp³-hybridized carbons (Fsp3) is 0.421. The monoisotopic (exact) mass is 352 g/mol. The average molecular weight is 352 g/mol. The van der Waals surface area contributed by atoms with Crippen molar-refractivity contribution in [3.8, 4) is 0 Å². The molecule has 7 heteroatoms. The number of anilines is 1. The van der Waals surface area contributed by atoms with Gasteiger partial charge in [-0.15, -0.1) is 0 Å². The third kappa shape index (κ3) is 3.10. The molecule has 136 valence electrons. The number of fused-ring (bicyclic) bond motifs is 1. The highest BCUT2D eigenvalue weighted by Crippen LogP contribution is 2.21. The lowest BCUT2D eigenvalue weighted by Crippen LogP contribution is -2.44. The predicted octanol–water partition coefficient (Wildman–Crippen LogP) is 1.46. The van der Waals surface area contributed by atoms with E-state index in [1.807, 2.05) is 22.8 Å². The van der Waals surface area contributed by atoms with Crippen molar-refractivity contribution in [1.29, 1.82) is 0 Å². The van der Waals surface area contributed by atoms with E-state index >= 15 is 0 Å². The number of nitrogens with one attached hydrogen (secondary N) is 1. The molecule has 0 radical (unpaired) electrons. The number of imidazole rings is 1. The summed E-state index contributed by atoms with van der Waals surface area (Å²) < 4.78 is 3.73. The summed E-state index contributed by atoms with van der Waals surface area (Å²) in [5.74, 6) is 0.837. The van der Waals surface area contributed by atoms with Crippen LogP contribution in [0.3, 0.4) is 0 Å². The lowest BCUT2D eigenvalue weighted by Gasteiger charge is -2.28. The fourth-order valence-electron chi connectivity index (χ4n) is 3.46. The molecule has 1 saturated heterocycles. The van der Waals surface area contributed by atoms with Crippen LogP contribution in [-0.4, -0.2) is 45.3 Å². The van der Waals surface area contributed by atoms with E-state index in [1.165, 1.54) is 0 Å². The molecule has 1 aliphatic rings. The van der Waals surface area contributed by atoms with Crippen LogP contribution in [0.4, 0.5) is 5.95 Å². The van der Waals surface area contributed by atoms with Gasteiger partial charge < -0.3 is 10.2 Å². The molecule has 1 aromatic carbocycles. The Bertz CT molecular complexity index is 940. The molecule has 0 amide bonds. The van der Waals surface area contributed by atoms with Crippen molar-refractivity contribution in [3.63, 3.8) is 0 Å². The first kappa shape index (κ1) is 16.8. The van der Waals surface area contributed by atoms with Gasteiger partial charge in [0, 0.05) is 32.7 Å². The molecule has 0 spiro atoms. The first-order chi connectivity index (χ1) is 12.8. The van der Waals surface area contributed by atoms with Crippen LogP contribution in [-0.2, 0) is 13.1 Å². The van der Waals surface area contributed by atoms with Gasteiger partial charge in [-0.2, -0.15) is 4.98 Å². The maximum atomic E-state index is 13.1. The topological polar surface area (TPSA) is 68.0 Å². The van der Waals surface area contributed by atoms with Crippen LogP contribution in [0.1, 0.15) is 18.9 Å². The number of aromatic nitrogens is 4. The summed E-state index contributed by atoms with van der Waals surface area (Å²) in [5.41, 5.74) is 2.26. The van der Waals surface area contributed by atoms with Crippen LogP contribution in [0, 0.1) is 0 Å². The summed E-state index contributed by atoms with van der Waals surface area (Å²) >= 11 is 0. The largest absolute Gasteiger partial charge is 0.340 e. The normalized spacial score (nSPS) is 14.9. The van der Waals surface area contributed by atoms with Gasteiger partial charge >= 0.3 is 0 Å². The van der Waals surface area contributed by atoms with Gasteiger partial charge in [0.15, 0.2) is 11.2 Å². The molecule has 2 aromatic heterocycles. The van der Waals surface area contributed by atoms with Crippen molar-refractivity contribution in [1.82, 2.24) is 24.4 Å². The van der Waals surface area contributed by atoms with Crippen molar-refractivity contribution in [2.75, 3.05) is 31.1 Å². The molecule has 4 rings (SSSR count). The summed E-state index contributed by atoms with van der Waals surface area (Å²) in [7, 11) is 0. The summed E-state index contributed by atoms with van der Waals surface area (Å²) in [6.45, 7) is 6.93. The highest BCUT2D eigenvalue weighted by Gasteiger charge is 2.22. The zero-order chi connectivity index (χ0) is 17.9. The van der Waals surface area contributed by atoms with E-state index in [2.05, 4.69) is 34.3 Å². The molecule has 26 heavy (non-hydrogen) atoms. The molecule has 1 N–H and O–H groups in total. The maximum absolute atomic E-state index is 13.1. The lowest BCUT2D eigenvalue weighted by atomic mass is 10.2. The molecule has 0 bridgehead atoms. The Balaban J connectivity index is 1.87. The Morgan fingerprint density at radius 1 is 1.15 bits per heavy atom. The van der Waals surface area contributed by atoms with Gasteiger partial charge in [-0.3, -0.25) is 13.9 Å². The Kier molecular flexibility index (Phi) is 4.71. The van der Waals surface area contributed by atoms with Crippen LogP contribution in [0.5, 0.6) is 0 Å². The molecule has 3 heterocycles. The number of piperazine rings is 1. The SMILES string of the molecule is CCCn1cnc2nc(N3CCNCC3)n(Cc3ccccc3)c2c1=O. The third-order valence-electron chi connectivity index (χ3n) is 4.76. The zero-order valence-corrected chi connectivity index (χ0v) is 15.1. The minimum Gasteiger partial charge on any atom is -0.340 e. The molecule has 0 atom stereocenters. The Morgan fingerprint density at radius 3 is 2.65 bits per heavy atom. The second-order valence-corrected chi connectivity index (χ2v) is 6.64. The van der Waals surface area contributed by atoms with Crippen molar-refractivity contribution in [2.45, 2.75) is 26.4 Å². The number of hydrogen-bond donors (Lipinski definition) is 1.